The van der Waals surface area contributed by atoms with Crippen LogP contribution in [0.2, 0.25) is 0 Å². The first-order valence-corrected chi connectivity index (χ1v) is 20.3. The summed E-state index contributed by atoms with van der Waals surface area (Å²) in [5, 5.41) is 0. The second kappa shape index (κ2) is 17.6. The van der Waals surface area contributed by atoms with Crippen LogP contribution in [0.25, 0.3) is 0 Å². The predicted molar refractivity (Wildman–Crippen MR) is 203 cm³/mol. The highest BCUT2D eigenvalue weighted by atomic mass is 16.8. The lowest BCUT2D eigenvalue weighted by Crippen LogP contribution is -2.56. The van der Waals surface area contributed by atoms with Crippen molar-refractivity contribution < 1.29 is 42.7 Å². The van der Waals surface area contributed by atoms with Crippen LogP contribution in [0, 0.1) is 17.8 Å². The molecule has 1 amide bonds. The molecule has 7 rings (SSSR count). The average molecular weight is 749 g/mol. The zero-order valence-electron chi connectivity index (χ0n) is 32.7. The standard InChI is InChI=1S/C43H60N2O9/c1-43(2)53-39-28-34(32-12-5-6-13-33(32)40(39)54-43)41(46)45-19-8-7-14-35(45)42(47)52-36(17-15-29-16-18-37(48-3)38(26-29)49-4)30-10-9-11-31(27-30)51-25-22-44-20-23-50-24-21-44/h9-11,16,18,26-27,32-36,39-40H,5-8,12-15,17,19-25,28H2,1-4H3/t32-,33-,34-,35+,36-,39-,40+/m1/s1. The molecule has 0 spiro atoms. The summed E-state index contributed by atoms with van der Waals surface area (Å²) in [5.74, 6) is 1.50. The minimum atomic E-state index is -0.649. The fourth-order valence-corrected chi connectivity index (χ4v) is 9.63. The first-order chi connectivity index (χ1) is 26.2. The van der Waals surface area contributed by atoms with Gasteiger partial charge in [0.1, 0.15) is 24.5 Å². The number of methoxy groups -OCH3 is 2. The van der Waals surface area contributed by atoms with E-state index >= 15 is 0 Å². The average Bonchev–Trinajstić information content (AvgIpc) is 3.53. The van der Waals surface area contributed by atoms with Gasteiger partial charge in [0.2, 0.25) is 5.91 Å². The number of piperidine rings is 1. The number of rotatable bonds is 13. The number of morpholine rings is 1. The molecule has 3 saturated heterocycles. The number of nitrogens with zero attached hydrogens (tertiary/aromatic N) is 2. The quantitative estimate of drug-likeness (QED) is 0.215. The Morgan fingerprint density at radius 2 is 1.67 bits per heavy atom. The monoisotopic (exact) mass is 748 g/mol. The summed E-state index contributed by atoms with van der Waals surface area (Å²) in [4.78, 5) is 33.3. The third kappa shape index (κ3) is 9.01. The molecule has 0 bridgehead atoms. The van der Waals surface area contributed by atoms with Crippen molar-refractivity contribution in [3.05, 3.63) is 53.6 Å². The summed E-state index contributed by atoms with van der Waals surface area (Å²) in [5.41, 5.74) is 1.91. The summed E-state index contributed by atoms with van der Waals surface area (Å²) in [6.07, 6.45) is 7.89. The summed E-state index contributed by atoms with van der Waals surface area (Å²) in [7, 11) is 3.25. The summed E-state index contributed by atoms with van der Waals surface area (Å²) in [6.45, 7) is 9.19. The second-order valence-corrected chi connectivity index (χ2v) is 16.2. The molecule has 2 aromatic rings. The molecule has 2 saturated carbocycles. The molecule has 2 aromatic carbocycles. The Hall–Kier alpha value is -3.38. The first-order valence-electron chi connectivity index (χ1n) is 20.3. The van der Waals surface area contributed by atoms with Crippen LogP contribution in [-0.2, 0) is 35.0 Å². The van der Waals surface area contributed by atoms with Crippen molar-refractivity contribution in [1.82, 2.24) is 9.80 Å². The van der Waals surface area contributed by atoms with E-state index in [1.54, 1.807) is 14.2 Å². The number of aryl methyl sites for hydroxylation is 1. The van der Waals surface area contributed by atoms with E-state index in [-0.39, 0.29) is 35.9 Å². The van der Waals surface area contributed by atoms with Gasteiger partial charge in [0, 0.05) is 32.1 Å². The molecule has 0 unspecified atom stereocenters. The van der Waals surface area contributed by atoms with E-state index < -0.39 is 17.9 Å². The van der Waals surface area contributed by atoms with Crippen LogP contribution in [0.15, 0.2) is 42.5 Å². The van der Waals surface area contributed by atoms with E-state index in [9.17, 15) is 9.59 Å². The van der Waals surface area contributed by atoms with Gasteiger partial charge in [-0.15, -0.1) is 0 Å². The van der Waals surface area contributed by atoms with E-state index in [0.717, 1.165) is 88.2 Å². The number of likely N-dealkylation sites (tertiary alicyclic amines) is 1. The molecular formula is C43H60N2O9. The van der Waals surface area contributed by atoms with Gasteiger partial charge in [0.25, 0.3) is 0 Å². The van der Waals surface area contributed by atoms with Gasteiger partial charge in [-0.2, -0.15) is 0 Å². The maximum Gasteiger partial charge on any atom is 0.329 e. The number of fused-ring (bicyclic) bond motifs is 3. The van der Waals surface area contributed by atoms with Gasteiger partial charge in [-0.1, -0.05) is 31.0 Å². The van der Waals surface area contributed by atoms with E-state index in [1.165, 1.54) is 0 Å². The van der Waals surface area contributed by atoms with Crippen LogP contribution >= 0.6 is 0 Å². The van der Waals surface area contributed by atoms with Crippen molar-refractivity contribution in [2.75, 3.05) is 60.2 Å². The van der Waals surface area contributed by atoms with Crippen LogP contribution in [0.3, 0.4) is 0 Å². The maximum atomic E-state index is 14.7. The molecule has 5 fully saturated rings. The molecule has 3 aliphatic heterocycles. The molecule has 2 aliphatic carbocycles. The minimum Gasteiger partial charge on any atom is -0.493 e. The Morgan fingerprint density at radius 1 is 0.889 bits per heavy atom. The molecule has 7 atom stereocenters. The van der Waals surface area contributed by atoms with E-state index in [2.05, 4.69) is 4.90 Å². The zero-order valence-corrected chi connectivity index (χ0v) is 32.7. The van der Waals surface area contributed by atoms with Crippen LogP contribution in [0.1, 0.15) is 88.9 Å². The maximum absolute atomic E-state index is 14.7. The van der Waals surface area contributed by atoms with Crippen molar-refractivity contribution in [2.45, 2.75) is 108 Å². The van der Waals surface area contributed by atoms with Gasteiger partial charge in [-0.05, 0) is 112 Å². The van der Waals surface area contributed by atoms with Crippen molar-refractivity contribution in [2.24, 2.45) is 17.8 Å². The van der Waals surface area contributed by atoms with Gasteiger partial charge >= 0.3 is 5.97 Å². The lowest BCUT2D eigenvalue weighted by molar-refractivity contribution is -0.166. The molecule has 0 N–H and O–H groups in total. The lowest BCUT2D eigenvalue weighted by atomic mass is 9.63. The molecule has 11 nitrogen and oxygen atoms in total. The summed E-state index contributed by atoms with van der Waals surface area (Å²) >= 11 is 0. The van der Waals surface area contributed by atoms with Crippen molar-refractivity contribution in [3.8, 4) is 17.2 Å². The van der Waals surface area contributed by atoms with Crippen LogP contribution in [-0.4, -0.2) is 106 Å². The highest BCUT2D eigenvalue weighted by molar-refractivity contribution is 5.86. The molecule has 0 aromatic heterocycles. The highest BCUT2D eigenvalue weighted by Crippen LogP contribution is 2.51. The Labute approximate surface area is 320 Å². The summed E-state index contributed by atoms with van der Waals surface area (Å²) < 4.78 is 42.1. The fraction of sp³-hybridized carbons (Fsp3) is 0.674. The molecule has 3 heterocycles. The second-order valence-electron chi connectivity index (χ2n) is 16.2. The van der Waals surface area contributed by atoms with E-state index in [0.29, 0.717) is 56.3 Å². The van der Waals surface area contributed by atoms with Crippen LogP contribution in [0.4, 0.5) is 0 Å². The molecule has 11 heteroatoms. The third-order valence-corrected chi connectivity index (χ3v) is 12.3. The SMILES string of the molecule is COc1ccc(CC[C@@H](OC(=O)[C@@H]2CCCCN2C(=O)[C@@H]2C[C@H]3OC(C)(C)O[C@H]3[C@@H]3CCCC[C@H]32)c2cccc(OCCN3CCOCC3)c2)cc1OC. The smallest absolute Gasteiger partial charge is 0.329 e. The number of carbonyl (C=O) groups is 2. The Morgan fingerprint density at radius 3 is 2.46 bits per heavy atom. The van der Waals surface area contributed by atoms with Gasteiger partial charge < -0.3 is 38.1 Å². The lowest BCUT2D eigenvalue weighted by Gasteiger charge is -2.47. The van der Waals surface area contributed by atoms with Gasteiger partial charge in [0.05, 0.1) is 39.6 Å². The summed E-state index contributed by atoms with van der Waals surface area (Å²) in [6, 6.07) is 13.2. The van der Waals surface area contributed by atoms with Crippen molar-refractivity contribution >= 4 is 11.9 Å². The number of hydrogen-bond donors (Lipinski definition) is 0. The van der Waals surface area contributed by atoms with Crippen molar-refractivity contribution in [3.63, 3.8) is 0 Å². The highest BCUT2D eigenvalue weighted by Gasteiger charge is 2.56. The van der Waals surface area contributed by atoms with E-state index in [4.69, 9.17) is 33.2 Å². The molecule has 5 aliphatic rings. The number of benzene rings is 2. The number of amides is 1. The Balaban J connectivity index is 1.08. The molecule has 296 valence electrons. The number of ether oxygens (including phenoxy) is 7. The Bertz CT molecular complexity index is 1580. The normalized spacial score (nSPS) is 28.7. The van der Waals surface area contributed by atoms with Gasteiger partial charge in [0.15, 0.2) is 17.3 Å². The first kappa shape index (κ1) is 38.9. The number of esters is 1. The minimum absolute atomic E-state index is 0.0296. The number of hydrogen-bond acceptors (Lipinski definition) is 10. The molecular weight excluding hydrogens is 688 g/mol. The van der Waals surface area contributed by atoms with Crippen LogP contribution < -0.4 is 14.2 Å². The molecule has 0 radical (unpaired) electrons. The van der Waals surface area contributed by atoms with Crippen LogP contribution in [0.5, 0.6) is 17.2 Å². The largest absolute Gasteiger partial charge is 0.493 e. The zero-order chi connectivity index (χ0) is 37.7. The molecule has 54 heavy (non-hydrogen) atoms. The Kier molecular flexibility index (Phi) is 12.7. The van der Waals surface area contributed by atoms with Gasteiger partial charge in [-0.25, -0.2) is 4.79 Å². The van der Waals surface area contributed by atoms with E-state index in [1.807, 2.05) is 61.2 Å². The third-order valence-electron chi connectivity index (χ3n) is 12.3. The van der Waals surface area contributed by atoms with Crippen molar-refractivity contribution in [1.29, 1.82) is 0 Å². The topological polar surface area (TPSA) is 105 Å². The fourth-order valence-electron chi connectivity index (χ4n) is 9.63. The number of carbonyl (C=O) groups excluding carboxylic acids is 2. The van der Waals surface area contributed by atoms with Gasteiger partial charge in [-0.3, -0.25) is 9.69 Å². The predicted octanol–water partition coefficient (Wildman–Crippen LogP) is 6.36.